The van der Waals surface area contributed by atoms with Gasteiger partial charge in [0.15, 0.2) is 6.10 Å². The summed E-state index contributed by atoms with van der Waals surface area (Å²) in [6.07, 6.45) is -0.115. The second-order valence-corrected chi connectivity index (χ2v) is 6.68. The summed E-state index contributed by atoms with van der Waals surface area (Å²) in [7, 11) is 0. The van der Waals surface area contributed by atoms with Crippen LogP contribution < -0.4 is 5.73 Å². The molecule has 2 atom stereocenters. The van der Waals surface area contributed by atoms with Gasteiger partial charge in [0.2, 0.25) is 0 Å². The molecule has 0 bridgehead atoms. The molecule has 1 aliphatic rings. The molecule has 0 heterocycles. The molecule has 2 aromatic rings. The highest BCUT2D eigenvalue weighted by Gasteiger charge is 2.26. The van der Waals surface area contributed by atoms with Crippen molar-refractivity contribution in [1.82, 2.24) is 0 Å². The summed E-state index contributed by atoms with van der Waals surface area (Å²) in [4.78, 5) is 12.1. The molecule has 0 aliphatic heterocycles. The summed E-state index contributed by atoms with van der Waals surface area (Å²) in [5, 5.41) is 19.8. The van der Waals surface area contributed by atoms with Crippen LogP contribution in [0.25, 0.3) is 11.1 Å². The summed E-state index contributed by atoms with van der Waals surface area (Å²) in [6.45, 7) is 0.608. The first kappa shape index (κ1) is 18.6. The van der Waals surface area contributed by atoms with Gasteiger partial charge in [-0.2, -0.15) is 0 Å². The van der Waals surface area contributed by atoms with E-state index in [0.717, 1.165) is 29.5 Å². The molecule has 4 N–H and O–H groups in total. The highest BCUT2D eigenvalue weighted by Crippen LogP contribution is 2.38. The molecule has 5 heteroatoms. The minimum atomic E-state index is -1.53. The quantitative estimate of drug-likeness (QED) is 0.425. The lowest BCUT2D eigenvalue weighted by Crippen LogP contribution is -2.35. The van der Waals surface area contributed by atoms with Crippen molar-refractivity contribution in [1.29, 1.82) is 0 Å². The Morgan fingerprint density at radius 3 is 2.65 bits per heavy atom. The van der Waals surface area contributed by atoms with Crippen LogP contribution in [0.15, 0.2) is 42.5 Å². The van der Waals surface area contributed by atoms with Gasteiger partial charge in [0.25, 0.3) is 0 Å². The van der Waals surface area contributed by atoms with Crippen molar-refractivity contribution in [3.63, 3.8) is 0 Å². The number of aliphatic hydroxyl groups is 2. The van der Waals surface area contributed by atoms with Crippen molar-refractivity contribution in [3.8, 4) is 11.1 Å². The number of carbonyl (C=O) groups excluding carboxylic acids is 1. The smallest absolute Gasteiger partial charge is 0.338 e. The lowest BCUT2D eigenvalue weighted by Gasteiger charge is -2.17. The summed E-state index contributed by atoms with van der Waals surface area (Å²) in [5.41, 5.74) is 11.1. The van der Waals surface area contributed by atoms with Crippen LogP contribution in [-0.4, -0.2) is 34.9 Å². The van der Waals surface area contributed by atoms with Crippen LogP contribution >= 0.6 is 0 Å². The van der Waals surface area contributed by atoms with Crippen molar-refractivity contribution in [2.75, 3.05) is 6.54 Å². The van der Waals surface area contributed by atoms with E-state index in [9.17, 15) is 15.0 Å². The molecule has 138 valence electrons. The van der Waals surface area contributed by atoms with Crippen molar-refractivity contribution in [2.45, 2.75) is 44.5 Å². The van der Waals surface area contributed by atoms with Crippen LogP contribution in [0, 0.1) is 0 Å². The van der Waals surface area contributed by atoms with E-state index in [1.54, 1.807) is 0 Å². The fraction of sp³-hybridized carbons (Fsp3) is 0.381. The molecule has 0 fully saturated rings. The molecular weight excluding hydrogens is 330 g/mol. The van der Waals surface area contributed by atoms with Gasteiger partial charge in [-0.1, -0.05) is 42.5 Å². The van der Waals surface area contributed by atoms with Gasteiger partial charge in [0.05, 0.1) is 6.10 Å². The first-order chi connectivity index (χ1) is 12.6. The molecular formula is C21H25NO4. The topological polar surface area (TPSA) is 92.8 Å². The van der Waals surface area contributed by atoms with Crippen LogP contribution in [0.3, 0.4) is 0 Å². The minimum absolute atomic E-state index is 0.0859. The fourth-order valence-electron chi connectivity index (χ4n) is 3.41. The van der Waals surface area contributed by atoms with Crippen LogP contribution in [0.2, 0.25) is 0 Å². The van der Waals surface area contributed by atoms with Crippen LogP contribution in [0.1, 0.15) is 36.0 Å². The number of ether oxygens (including phenoxy) is 1. The van der Waals surface area contributed by atoms with E-state index in [1.807, 2.05) is 24.3 Å². The van der Waals surface area contributed by atoms with Gasteiger partial charge in [-0.05, 0) is 60.0 Å². The standard InChI is InChI=1S/C21H25NO4/c22-11-4-3-10-19(23)20(24)21(25)26-13-15-7-5-9-17-16-8-2-1-6-14(16)12-18(15)17/h1-2,5-9,19-20,23-24H,3-4,10-13,22H2. The van der Waals surface area contributed by atoms with E-state index in [0.29, 0.717) is 19.4 Å². The van der Waals surface area contributed by atoms with Crippen LogP contribution in [-0.2, 0) is 22.6 Å². The Labute approximate surface area is 153 Å². The Balaban J connectivity index is 1.62. The number of unbranched alkanes of at least 4 members (excludes halogenated alkanes) is 1. The number of hydrogen-bond acceptors (Lipinski definition) is 5. The third kappa shape index (κ3) is 3.96. The molecule has 0 aromatic heterocycles. The van der Waals surface area contributed by atoms with Gasteiger partial charge in [-0.15, -0.1) is 0 Å². The third-order valence-electron chi connectivity index (χ3n) is 4.88. The van der Waals surface area contributed by atoms with Gasteiger partial charge in [0.1, 0.15) is 6.61 Å². The molecule has 0 saturated heterocycles. The summed E-state index contributed by atoms with van der Waals surface area (Å²) in [5.74, 6) is -0.793. The van der Waals surface area contributed by atoms with Crippen molar-refractivity contribution >= 4 is 5.97 Å². The Kier molecular flexibility index (Phi) is 6.04. The van der Waals surface area contributed by atoms with Crippen molar-refractivity contribution in [2.24, 2.45) is 5.73 Å². The second kappa shape index (κ2) is 8.45. The lowest BCUT2D eigenvalue weighted by atomic mass is 10.0. The van der Waals surface area contributed by atoms with Gasteiger partial charge in [-0.3, -0.25) is 0 Å². The van der Waals surface area contributed by atoms with Gasteiger partial charge >= 0.3 is 5.97 Å². The molecule has 2 aromatic carbocycles. The maximum atomic E-state index is 12.1. The number of rotatable bonds is 8. The van der Waals surface area contributed by atoms with Gasteiger partial charge in [-0.25, -0.2) is 4.79 Å². The van der Waals surface area contributed by atoms with Crippen molar-refractivity contribution in [3.05, 3.63) is 59.2 Å². The van der Waals surface area contributed by atoms with E-state index in [2.05, 4.69) is 18.2 Å². The highest BCUT2D eigenvalue weighted by atomic mass is 16.5. The third-order valence-corrected chi connectivity index (χ3v) is 4.88. The predicted molar refractivity (Wildman–Crippen MR) is 99.4 cm³/mol. The molecule has 0 saturated carbocycles. The van der Waals surface area contributed by atoms with E-state index < -0.39 is 18.2 Å². The van der Waals surface area contributed by atoms with E-state index in [1.165, 1.54) is 11.1 Å². The Morgan fingerprint density at radius 1 is 1.08 bits per heavy atom. The molecule has 1 aliphatic carbocycles. The largest absolute Gasteiger partial charge is 0.459 e. The maximum absolute atomic E-state index is 12.1. The SMILES string of the molecule is NCCCCC(O)C(O)C(=O)OCc1cccc2c1Cc1ccccc1-2. The number of carbonyl (C=O) groups is 1. The molecule has 3 rings (SSSR count). The molecule has 0 radical (unpaired) electrons. The second-order valence-electron chi connectivity index (χ2n) is 6.68. The number of nitrogens with two attached hydrogens (primary N) is 1. The Morgan fingerprint density at radius 2 is 1.85 bits per heavy atom. The minimum Gasteiger partial charge on any atom is -0.459 e. The summed E-state index contributed by atoms with van der Waals surface area (Å²) < 4.78 is 5.27. The van der Waals surface area contributed by atoms with Crippen LogP contribution in [0.5, 0.6) is 0 Å². The van der Waals surface area contributed by atoms with Gasteiger partial charge in [0, 0.05) is 0 Å². The number of aliphatic hydroxyl groups excluding tert-OH is 2. The van der Waals surface area contributed by atoms with E-state index in [4.69, 9.17) is 10.5 Å². The highest BCUT2D eigenvalue weighted by molar-refractivity contribution is 5.78. The van der Waals surface area contributed by atoms with Crippen LogP contribution in [0.4, 0.5) is 0 Å². The summed E-state index contributed by atoms with van der Waals surface area (Å²) in [6, 6.07) is 14.2. The van der Waals surface area contributed by atoms with Crippen molar-refractivity contribution < 1.29 is 19.7 Å². The normalized spacial score (nSPS) is 14.4. The first-order valence-corrected chi connectivity index (χ1v) is 9.03. The molecule has 0 spiro atoms. The molecule has 0 amide bonds. The average molecular weight is 355 g/mol. The Hall–Kier alpha value is -2.21. The maximum Gasteiger partial charge on any atom is 0.338 e. The monoisotopic (exact) mass is 355 g/mol. The average Bonchev–Trinajstić information content (AvgIpc) is 3.05. The van der Waals surface area contributed by atoms with E-state index in [-0.39, 0.29) is 6.61 Å². The zero-order chi connectivity index (χ0) is 18.5. The van der Waals surface area contributed by atoms with Gasteiger partial charge < -0.3 is 20.7 Å². The number of fused-ring (bicyclic) bond motifs is 3. The van der Waals surface area contributed by atoms with E-state index >= 15 is 0 Å². The first-order valence-electron chi connectivity index (χ1n) is 9.03. The summed E-state index contributed by atoms with van der Waals surface area (Å²) >= 11 is 0. The number of benzene rings is 2. The lowest BCUT2D eigenvalue weighted by molar-refractivity contribution is -0.161. The predicted octanol–water partition coefficient (Wildman–Crippen LogP) is 2.15. The molecule has 5 nitrogen and oxygen atoms in total. The molecule has 26 heavy (non-hydrogen) atoms. The zero-order valence-electron chi connectivity index (χ0n) is 14.7. The zero-order valence-corrected chi connectivity index (χ0v) is 14.7. The number of esters is 1. The fourth-order valence-corrected chi connectivity index (χ4v) is 3.41. The molecule has 2 unspecified atom stereocenters. The Bertz CT molecular complexity index is 774. The number of hydrogen-bond donors (Lipinski definition) is 3.